The molecular weight excluding hydrogens is 320 g/mol. The predicted molar refractivity (Wildman–Crippen MR) is 95.0 cm³/mol. The molecule has 3 aliphatic rings. The third kappa shape index (κ3) is 2.53. The Kier molecular flexibility index (Phi) is 5.05. The lowest BCUT2D eigenvalue weighted by atomic mass is 9.43. The number of aliphatic hydroxyl groups excluding tert-OH is 4. The zero-order valence-corrected chi connectivity index (χ0v) is 16.0. The van der Waals surface area contributed by atoms with Crippen molar-refractivity contribution in [2.45, 2.75) is 83.0 Å². The van der Waals surface area contributed by atoms with Gasteiger partial charge in [0.2, 0.25) is 0 Å². The molecule has 3 rings (SSSR count). The molecule has 5 nitrogen and oxygen atoms in total. The molecule has 5 heteroatoms. The van der Waals surface area contributed by atoms with Crippen molar-refractivity contribution in [1.29, 1.82) is 0 Å². The summed E-state index contributed by atoms with van der Waals surface area (Å²) in [5, 5.41) is 40.2. The summed E-state index contributed by atoms with van der Waals surface area (Å²) in [6, 6.07) is 0. The van der Waals surface area contributed by atoms with Crippen LogP contribution in [0.25, 0.3) is 0 Å². The molecule has 7 atom stereocenters. The molecule has 0 bridgehead atoms. The summed E-state index contributed by atoms with van der Waals surface area (Å²) < 4.78 is 6.75. The summed E-state index contributed by atoms with van der Waals surface area (Å²) >= 11 is 0. The van der Waals surface area contributed by atoms with E-state index in [1.165, 1.54) is 0 Å². The van der Waals surface area contributed by atoms with Crippen molar-refractivity contribution in [1.82, 2.24) is 0 Å². The van der Waals surface area contributed by atoms with Crippen molar-refractivity contribution in [2.24, 2.45) is 22.7 Å². The molecule has 0 radical (unpaired) electrons. The molecule has 2 aliphatic carbocycles. The third-order valence-corrected chi connectivity index (χ3v) is 8.46. The molecule has 2 saturated carbocycles. The highest BCUT2D eigenvalue weighted by molar-refractivity contribution is 5.17. The minimum Gasteiger partial charge on any atom is -0.396 e. The van der Waals surface area contributed by atoms with E-state index in [1.807, 2.05) is 6.92 Å². The number of fused-ring (bicyclic) bond motifs is 2. The zero-order chi connectivity index (χ0) is 18.5. The van der Waals surface area contributed by atoms with Gasteiger partial charge in [0, 0.05) is 23.9 Å². The number of hydrogen-bond acceptors (Lipinski definition) is 5. The normalized spacial score (nSPS) is 53.2. The molecule has 1 heterocycles. The van der Waals surface area contributed by atoms with Crippen LogP contribution in [0.15, 0.2) is 0 Å². The second-order valence-corrected chi connectivity index (χ2v) is 9.47. The second kappa shape index (κ2) is 6.45. The molecule has 0 aromatic heterocycles. The number of rotatable bonds is 4. The topological polar surface area (TPSA) is 90.2 Å². The monoisotopic (exact) mass is 356 g/mol. The van der Waals surface area contributed by atoms with Gasteiger partial charge in [-0.2, -0.15) is 0 Å². The van der Waals surface area contributed by atoms with Gasteiger partial charge in [-0.25, -0.2) is 0 Å². The van der Waals surface area contributed by atoms with Gasteiger partial charge < -0.3 is 25.2 Å². The SMILES string of the molecule is C[C@H]1CC[C@H]2[C@@](C)(CO)[C@H](O)CC[C@]2(C)[C@]12CC[C@](CO)(CCO)O2. The Balaban J connectivity index is 2.02. The van der Waals surface area contributed by atoms with Crippen LogP contribution in [0.3, 0.4) is 0 Å². The van der Waals surface area contributed by atoms with Crippen molar-refractivity contribution in [3.8, 4) is 0 Å². The number of aliphatic hydroxyl groups is 4. The highest BCUT2D eigenvalue weighted by atomic mass is 16.5. The smallest absolute Gasteiger partial charge is 0.0942 e. The summed E-state index contributed by atoms with van der Waals surface area (Å²) in [7, 11) is 0. The molecule has 0 aromatic rings. The van der Waals surface area contributed by atoms with Crippen molar-refractivity contribution < 1.29 is 25.2 Å². The molecular formula is C20H36O5. The van der Waals surface area contributed by atoms with Gasteiger partial charge in [0.1, 0.15) is 0 Å². The summed E-state index contributed by atoms with van der Waals surface area (Å²) in [6.45, 7) is 6.47. The molecule has 0 amide bonds. The van der Waals surface area contributed by atoms with Crippen LogP contribution in [-0.4, -0.2) is 57.6 Å². The van der Waals surface area contributed by atoms with Crippen LogP contribution in [0.4, 0.5) is 0 Å². The maximum absolute atomic E-state index is 10.6. The van der Waals surface area contributed by atoms with Crippen molar-refractivity contribution in [2.75, 3.05) is 19.8 Å². The fraction of sp³-hybridized carbons (Fsp3) is 1.00. The van der Waals surface area contributed by atoms with Crippen LogP contribution in [0, 0.1) is 22.7 Å². The number of ether oxygens (including phenoxy) is 1. The highest BCUT2D eigenvalue weighted by Crippen LogP contribution is 2.67. The van der Waals surface area contributed by atoms with E-state index in [9.17, 15) is 20.4 Å². The van der Waals surface area contributed by atoms with E-state index in [2.05, 4.69) is 13.8 Å². The average molecular weight is 357 g/mol. The zero-order valence-electron chi connectivity index (χ0n) is 16.0. The standard InChI is InChI=1S/C20H36O5/c1-14-4-5-15-17(2,12-22)16(24)6-7-18(15,3)20(14)9-8-19(13-23,25-20)10-11-21/h14-16,21-24H,4-13H2,1-3H3/t14-,15-,16+,17+,18-,19+,20-/m0/s1. The molecule has 146 valence electrons. The molecule has 1 aliphatic heterocycles. The first-order valence-electron chi connectivity index (χ1n) is 9.94. The van der Waals surface area contributed by atoms with Crippen LogP contribution in [-0.2, 0) is 4.74 Å². The van der Waals surface area contributed by atoms with Crippen LogP contribution in [0.5, 0.6) is 0 Å². The van der Waals surface area contributed by atoms with Gasteiger partial charge in [-0.1, -0.05) is 20.8 Å². The van der Waals surface area contributed by atoms with Gasteiger partial charge in [0.15, 0.2) is 0 Å². The molecule has 25 heavy (non-hydrogen) atoms. The van der Waals surface area contributed by atoms with Crippen LogP contribution >= 0.6 is 0 Å². The van der Waals surface area contributed by atoms with Gasteiger partial charge >= 0.3 is 0 Å². The summed E-state index contributed by atoms with van der Waals surface area (Å²) in [6.07, 6.45) is 5.15. The first-order valence-corrected chi connectivity index (χ1v) is 9.94. The second-order valence-electron chi connectivity index (χ2n) is 9.47. The van der Waals surface area contributed by atoms with Crippen molar-refractivity contribution >= 4 is 0 Å². The molecule has 3 fully saturated rings. The van der Waals surface area contributed by atoms with E-state index in [1.54, 1.807) is 0 Å². The maximum atomic E-state index is 10.6. The van der Waals surface area contributed by atoms with Gasteiger partial charge in [-0.05, 0) is 50.4 Å². The Morgan fingerprint density at radius 1 is 0.960 bits per heavy atom. The van der Waals surface area contributed by atoms with E-state index in [0.29, 0.717) is 18.8 Å². The first-order chi connectivity index (χ1) is 11.7. The quantitative estimate of drug-likeness (QED) is 0.617. The lowest BCUT2D eigenvalue weighted by Gasteiger charge is -2.65. The van der Waals surface area contributed by atoms with E-state index < -0.39 is 17.1 Å². The molecule has 0 unspecified atom stereocenters. The lowest BCUT2D eigenvalue weighted by Crippen LogP contribution is -2.66. The third-order valence-electron chi connectivity index (χ3n) is 8.46. The summed E-state index contributed by atoms with van der Waals surface area (Å²) in [4.78, 5) is 0. The summed E-state index contributed by atoms with van der Waals surface area (Å²) in [5.41, 5.74) is -1.66. The first kappa shape index (κ1) is 19.6. The Hall–Kier alpha value is -0.200. The fourth-order valence-electron chi connectivity index (χ4n) is 6.70. The van der Waals surface area contributed by atoms with Gasteiger partial charge in [-0.3, -0.25) is 0 Å². The van der Waals surface area contributed by atoms with E-state index in [0.717, 1.165) is 32.1 Å². The molecule has 1 saturated heterocycles. The van der Waals surface area contributed by atoms with Gasteiger partial charge in [-0.15, -0.1) is 0 Å². The van der Waals surface area contributed by atoms with Crippen LogP contribution < -0.4 is 0 Å². The summed E-state index contributed by atoms with van der Waals surface area (Å²) in [5.74, 6) is 0.549. The Bertz CT molecular complexity index is 498. The van der Waals surface area contributed by atoms with Crippen molar-refractivity contribution in [3.05, 3.63) is 0 Å². The molecule has 1 spiro atoms. The minimum absolute atomic E-state index is 0.0121. The van der Waals surface area contributed by atoms with Crippen molar-refractivity contribution in [3.63, 3.8) is 0 Å². The fourth-order valence-corrected chi connectivity index (χ4v) is 6.70. The average Bonchev–Trinajstić information content (AvgIpc) is 2.99. The minimum atomic E-state index is -0.653. The van der Waals surface area contributed by atoms with Crippen LogP contribution in [0.2, 0.25) is 0 Å². The van der Waals surface area contributed by atoms with E-state index >= 15 is 0 Å². The lowest BCUT2D eigenvalue weighted by molar-refractivity contribution is -0.272. The van der Waals surface area contributed by atoms with Gasteiger partial charge in [0.25, 0.3) is 0 Å². The van der Waals surface area contributed by atoms with E-state index in [4.69, 9.17) is 4.74 Å². The Labute approximate surface area is 151 Å². The van der Waals surface area contributed by atoms with E-state index in [-0.39, 0.29) is 36.8 Å². The van der Waals surface area contributed by atoms with Gasteiger partial charge in [0.05, 0.1) is 30.5 Å². The largest absolute Gasteiger partial charge is 0.396 e. The maximum Gasteiger partial charge on any atom is 0.0942 e. The predicted octanol–water partition coefficient (Wildman–Crippen LogP) is 1.85. The molecule has 0 aromatic carbocycles. The molecule has 4 N–H and O–H groups in total. The highest BCUT2D eigenvalue weighted by Gasteiger charge is 2.68. The Morgan fingerprint density at radius 2 is 1.68 bits per heavy atom. The Morgan fingerprint density at radius 3 is 2.28 bits per heavy atom. The number of hydrogen-bond donors (Lipinski definition) is 4. The van der Waals surface area contributed by atoms with Crippen LogP contribution in [0.1, 0.15) is 65.7 Å².